The normalized spacial score (nSPS) is 12.5. The minimum atomic E-state index is -0.0900. The van der Waals surface area contributed by atoms with E-state index in [-0.39, 0.29) is 26.5 Å². The Labute approximate surface area is 440 Å². The summed E-state index contributed by atoms with van der Waals surface area (Å²) in [7, 11) is 0. The van der Waals surface area contributed by atoms with Crippen LogP contribution in [0.3, 0.4) is 0 Å². The van der Waals surface area contributed by atoms with Gasteiger partial charge in [-0.25, -0.2) is 4.98 Å². The van der Waals surface area contributed by atoms with E-state index in [0.717, 1.165) is 83.4 Å². The maximum atomic E-state index is 6.80. The van der Waals surface area contributed by atoms with Crippen LogP contribution >= 0.6 is 0 Å². The van der Waals surface area contributed by atoms with Gasteiger partial charge in [-0.05, 0) is 99.3 Å². The Balaban J connectivity index is 0.00000543. The van der Waals surface area contributed by atoms with E-state index in [1.54, 1.807) is 0 Å². The predicted molar refractivity (Wildman–Crippen MR) is 296 cm³/mol. The van der Waals surface area contributed by atoms with Crippen LogP contribution in [0.25, 0.3) is 82.9 Å². The van der Waals surface area contributed by atoms with Crippen LogP contribution in [0, 0.1) is 32.6 Å². The van der Waals surface area contributed by atoms with Crippen LogP contribution in [0.15, 0.2) is 205 Å². The Bertz CT molecular complexity index is 3990. The molecule has 0 atom stereocenters. The van der Waals surface area contributed by atoms with Crippen molar-refractivity contribution < 1.29 is 30.2 Å². The molecule has 73 heavy (non-hydrogen) atoms. The van der Waals surface area contributed by atoms with Crippen LogP contribution in [0.1, 0.15) is 37.5 Å². The van der Waals surface area contributed by atoms with Gasteiger partial charge in [-0.15, -0.1) is 42.7 Å². The fourth-order valence-corrected chi connectivity index (χ4v) is 10.9. The number of fused-ring (bicyclic) bond motifs is 8. The van der Waals surface area contributed by atoms with Crippen molar-refractivity contribution in [1.82, 2.24) is 9.55 Å². The Morgan fingerprint density at radius 1 is 0.562 bits per heavy atom. The zero-order valence-electron chi connectivity index (χ0n) is 41.1. The first-order chi connectivity index (χ1) is 35.2. The van der Waals surface area contributed by atoms with E-state index in [4.69, 9.17) is 14.1 Å². The van der Waals surface area contributed by atoms with E-state index >= 15 is 0 Å². The number of para-hydroxylation sites is 2. The summed E-state index contributed by atoms with van der Waals surface area (Å²) in [5.74, 6) is 1.90. The molecule has 0 saturated heterocycles. The molecule has 0 unspecified atom stereocenters. The zero-order chi connectivity index (χ0) is 48.7. The number of hydrogen-bond acceptors (Lipinski definition) is 5. The van der Waals surface area contributed by atoms with Crippen molar-refractivity contribution in [2.45, 2.75) is 40.0 Å². The first-order valence-corrected chi connectivity index (χ1v) is 24.5. The summed E-state index contributed by atoms with van der Waals surface area (Å²) in [5.41, 5.74) is 18.1. The monoisotopic (exact) mass is 1120 g/mol. The SMILES string of the molecule is Cc1c(-c2ccccc2)c(C)c(-c2ccccc2)c(N2[CH-]N(c3[c-]c(Oc4[c-]c5c(cc4)c4oc6ccc7ccccc7c6c4n5-c4cc(C(C)(C)C)ccn4)ccc3)c3ccccc32)c1-c1ccccc1.[Pt]. The molecule has 12 aromatic rings. The zero-order valence-corrected chi connectivity index (χ0v) is 43.3. The van der Waals surface area contributed by atoms with Crippen molar-refractivity contribution in [2.24, 2.45) is 0 Å². The predicted octanol–water partition coefficient (Wildman–Crippen LogP) is 17.8. The number of rotatable bonds is 8. The number of pyridine rings is 1. The number of anilines is 4. The fourth-order valence-electron chi connectivity index (χ4n) is 10.9. The third-order valence-electron chi connectivity index (χ3n) is 14.3. The molecule has 1 aliphatic rings. The van der Waals surface area contributed by atoms with Crippen molar-refractivity contribution in [3.8, 4) is 50.7 Å². The molecule has 0 saturated carbocycles. The molecular weight excluding hydrogens is 1080 g/mol. The van der Waals surface area contributed by atoms with Crippen LogP contribution in [-0.2, 0) is 26.5 Å². The first-order valence-electron chi connectivity index (χ1n) is 24.5. The summed E-state index contributed by atoms with van der Waals surface area (Å²) in [5, 5.41) is 4.23. The van der Waals surface area contributed by atoms with Crippen LogP contribution in [0.2, 0.25) is 0 Å². The quantitative estimate of drug-likeness (QED) is 0.142. The molecule has 6 nitrogen and oxygen atoms in total. The van der Waals surface area contributed by atoms with E-state index in [9.17, 15) is 0 Å². The number of aromatic nitrogens is 2. The van der Waals surface area contributed by atoms with Crippen LogP contribution < -0.4 is 14.5 Å². The number of benzene rings is 9. The molecule has 358 valence electrons. The van der Waals surface area contributed by atoms with Gasteiger partial charge < -0.3 is 23.5 Å². The van der Waals surface area contributed by atoms with Crippen molar-refractivity contribution in [3.05, 3.63) is 236 Å². The number of hydrogen-bond donors (Lipinski definition) is 0. The molecule has 9 aromatic carbocycles. The molecule has 0 spiro atoms. The minimum Gasteiger partial charge on any atom is -0.509 e. The Kier molecular flexibility index (Phi) is 11.4. The third-order valence-corrected chi connectivity index (χ3v) is 14.3. The van der Waals surface area contributed by atoms with Crippen LogP contribution in [-0.4, -0.2) is 9.55 Å². The molecule has 0 radical (unpaired) electrons. The third kappa shape index (κ3) is 7.71. The average molecular weight is 1130 g/mol. The summed E-state index contributed by atoms with van der Waals surface area (Å²) < 4.78 is 15.7. The molecule has 13 rings (SSSR count). The van der Waals surface area contributed by atoms with Crippen LogP contribution in [0.4, 0.5) is 22.7 Å². The van der Waals surface area contributed by atoms with Gasteiger partial charge in [0.15, 0.2) is 0 Å². The summed E-state index contributed by atoms with van der Waals surface area (Å²) in [6.07, 6.45) is 1.90. The van der Waals surface area contributed by atoms with Crippen LogP contribution in [0.5, 0.6) is 11.5 Å². The molecule has 1 aliphatic heterocycles. The molecular formula is C66H49N4O2Pt-3. The largest absolute Gasteiger partial charge is 0.509 e. The molecule has 0 N–H and O–H groups in total. The van der Waals surface area contributed by atoms with Crippen molar-refractivity contribution >= 4 is 66.5 Å². The van der Waals surface area contributed by atoms with Gasteiger partial charge in [-0.2, -0.15) is 12.1 Å². The molecule has 3 aromatic heterocycles. The Morgan fingerprint density at radius 2 is 1.16 bits per heavy atom. The minimum absolute atomic E-state index is 0. The summed E-state index contributed by atoms with van der Waals surface area (Å²) >= 11 is 0. The summed E-state index contributed by atoms with van der Waals surface area (Å²) in [4.78, 5) is 9.58. The summed E-state index contributed by atoms with van der Waals surface area (Å²) in [6, 6.07) is 75.4. The maximum Gasteiger partial charge on any atom is 0.136 e. The van der Waals surface area contributed by atoms with Gasteiger partial charge in [0.05, 0.1) is 10.9 Å². The molecule has 0 aliphatic carbocycles. The van der Waals surface area contributed by atoms with Crippen molar-refractivity contribution in [1.29, 1.82) is 0 Å². The Hall–Kier alpha value is -8.18. The standard InChI is InChI=1S/C66H49N4O2.Pt/c1-42-59(45-21-9-6-10-22-45)43(2)61(47-25-13-8-14-26-47)63(60(42)46-23-11-7-12-24-46)69-41-68(54-30-17-18-31-55(54)69)49-27-19-28-50(39-49)71-51-33-34-53-56(40-51)70(58-38-48(36-37-67-58)66(3,4)5)64-62-52-29-16-15-20-44(52)32-35-57(62)72-65(53)64;/h6-38,41H,1-5H3;/q-3;. The number of furan rings is 1. The van der Waals surface area contributed by atoms with E-state index in [1.165, 1.54) is 38.9 Å². The molecule has 4 heterocycles. The van der Waals surface area contributed by atoms with E-state index in [2.05, 4.69) is 244 Å². The molecule has 0 bridgehead atoms. The smallest absolute Gasteiger partial charge is 0.136 e. The second-order valence-corrected chi connectivity index (χ2v) is 19.7. The van der Waals surface area contributed by atoms with Gasteiger partial charge in [-0.3, -0.25) is 0 Å². The van der Waals surface area contributed by atoms with E-state index in [1.807, 2.05) is 24.4 Å². The van der Waals surface area contributed by atoms with Gasteiger partial charge in [0.25, 0.3) is 0 Å². The van der Waals surface area contributed by atoms with Gasteiger partial charge in [0.2, 0.25) is 0 Å². The van der Waals surface area contributed by atoms with Crippen molar-refractivity contribution in [2.75, 3.05) is 9.80 Å². The van der Waals surface area contributed by atoms with Gasteiger partial charge in [0.1, 0.15) is 17.0 Å². The molecule has 0 amide bonds. The average Bonchev–Trinajstić information content (AvgIpc) is 4.08. The summed E-state index contributed by atoms with van der Waals surface area (Å²) in [6.45, 7) is 13.4. The fraction of sp³-hybridized carbons (Fsp3) is 0.0909. The first kappa shape index (κ1) is 45.9. The second kappa shape index (κ2) is 18.1. The van der Waals surface area contributed by atoms with Gasteiger partial charge in [-0.1, -0.05) is 165 Å². The molecule has 7 heteroatoms. The van der Waals surface area contributed by atoms with Gasteiger partial charge >= 0.3 is 0 Å². The van der Waals surface area contributed by atoms with E-state index in [0.29, 0.717) is 11.5 Å². The molecule has 0 fully saturated rings. The maximum absolute atomic E-state index is 6.80. The second-order valence-electron chi connectivity index (χ2n) is 19.7. The van der Waals surface area contributed by atoms with Crippen molar-refractivity contribution in [3.63, 3.8) is 0 Å². The Morgan fingerprint density at radius 3 is 1.84 bits per heavy atom. The van der Waals surface area contributed by atoms with Gasteiger partial charge in [0, 0.05) is 67.0 Å². The number of nitrogens with zero attached hydrogens (tertiary/aromatic N) is 4. The van der Waals surface area contributed by atoms with E-state index < -0.39 is 0 Å². The topological polar surface area (TPSA) is 46.7 Å². The number of ether oxygens (including phenoxy) is 1.